The lowest BCUT2D eigenvalue weighted by Gasteiger charge is -2.26. The summed E-state index contributed by atoms with van der Waals surface area (Å²) in [7, 11) is 0. The van der Waals surface area contributed by atoms with Crippen molar-refractivity contribution in [3.63, 3.8) is 0 Å². The summed E-state index contributed by atoms with van der Waals surface area (Å²) in [6.07, 6.45) is 1.82. The van der Waals surface area contributed by atoms with Crippen LogP contribution >= 0.6 is 0 Å². The highest BCUT2D eigenvalue weighted by Crippen LogP contribution is 2.39. The molecule has 5 heteroatoms. The van der Waals surface area contributed by atoms with Gasteiger partial charge < -0.3 is 4.90 Å². The van der Waals surface area contributed by atoms with Crippen LogP contribution < -0.4 is 4.90 Å². The molecule has 0 saturated carbocycles. The predicted octanol–water partition coefficient (Wildman–Crippen LogP) is 11.2. The maximum atomic E-state index is 4.59. The highest BCUT2D eigenvalue weighted by atomic mass is 15.5. The smallest absolute Gasteiger partial charge is 0.231 e. The summed E-state index contributed by atoms with van der Waals surface area (Å²) in [6.45, 7) is 0.604. The zero-order chi connectivity index (χ0) is 31.9. The number of fused-ring (bicyclic) bond motifs is 3. The lowest BCUT2D eigenvalue weighted by atomic mass is 10.0. The van der Waals surface area contributed by atoms with E-state index in [2.05, 4.69) is 160 Å². The van der Waals surface area contributed by atoms with Crippen molar-refractivity contribution in [1.29, 1.82) is 0 Å². The second-order valence-electron chi connectivity index (χ2n) is 12.1. The molecule has 7 aromatic carbocycles. The third-order valence-corrected chi connectivity index (χ3v) is 9.08. The van der Waals surface area contributed by atoms with Crippen molar-refractivity contribution in [2.24, 2.45) is 10.3 Å². The van der Waals surface area contributed by atoms with Crippen LogP contribution in [0.15, 0.2) is 180 Å². The monoisotopic (exact) mass is 616 g/mol. The molecule has 0 atom stereocenters. The van der Waals surface area contributed by atoms with Crippen molar-refractivity contribution in [3.05, 3.63) is 176 Å². The summed E-state index contributed by atoms with van der Waals surface area (Å²) in [5, 5.41) is 16.3. The Kier molecular flexibility index (Phi) is 6.79. The molecule has 1 aliphatic heterocycles. The lowest BCUT2D eigenvalue weighted by molar-refractivity contribution is -0.492. The Morgan fingerprint density at radius 2 is 1.04 bits per heavy atom. The number of aromatic nitrogens is 1. The zero-order valence-electron chi connectivity index (χ0n) is 26.1. The highest BCUT2D eigenvalue weighted by molar-refractivity contribution is 6.05. The fourth-order valence-corrected chi connectivity index (χ4v) is 6.59. The highest BCUT2D eigenvalue weighted by Gasteiger charge is 2.24. The third-order valence-electron chi connectivity index (χ3n) is 9.08. The van der Waals surface area contributed by atoms with Crippen molar-refractivity contribution >= 4 is 60.8 Å². The first-order valence-corrected chi connectivity index (χ1v) is 16.1. The lowest BCUT2D eigenvalue weighted by Crippen LogP contribution is -2.12. The molecule has 0 aliphatic carbocycles. The van der Waals surface area contributed by atoms with Crippen molar-refractivity contribution in [2.75, 3.05) is 11.4 Å². The Morgan fingerprint density at radius 3 is 1.71 bits per heavy atom. The first-order valence-electron chi connectivity index (χ1n) is 16.1. The summed E-state index contributed by atoms with van der Waals surface area (Å²) < 4.78 is 1.94. The van der Waals surface area contributed by atoms with Gasteiger partial charge in [-0.15, -0.1) is 4.70 Å². The summed E-state index contributed by atoms with van der Waals surface area (Å²) in [6, 6.07) is 58.0. The Bertz CT molecular complexity index is 2470. The van der Waals surface area contributed by atoms with E-state index in [0.29, 0.717) is 6.54 Å². The average Bonchev–Trinajstić information content (AvgIpc) is 3.66. The molecule has 0 spiro atoms. The van der Waals surface area contributed by atoms with Gasteiger partial charge in [-0.05, 0) is 99.0 Å². The topological polar surface area (TPSA) is 43.9 Å². The van der Waals surface area contributed by atoms with Crippen molar-refractivity contribution in [2.45, 2.75) is 0 Å². The van der Waals surface area contributed by atoms with E-state index in [1.165, 1.54) is 26.9 Å². The molecule has 9 rings (SSSR count). The van der Waals surface area contributed by atoms with Crippen molar-refractivity contribution in [1.82, 2.24) is 4.98 Å². The Morgan fingerprint density at radius 1 is 0.458 bits per heavy atom. The molecule has 226 valence electrons. The molecule has 0 fully saturated rings. The number of benzene rings is 7. The summed E-state index contributed by atoms with van der Waals surface area (Å²) in [4.78, 5) is 6.85. The molecule has 1 aliphatic rings. The Labute approximate surface area is 278 Å². The van der Waals surface area contributed by atoms with Crippen LogP contribution in [0.5, 0.6) is 0 Å². The van der Waals surface area contributed by atoms with Crippen LogP contribution in [-0.4, -0.2) is 21.9 Å². The molecule has 5 nitrogen and oxygen atoms in total. The molecule has 0 saturated heterocycles. The molecule has 2 heterocycles. The molecular formula is C43H30N5+. The van der Waals surface area contributed by atoms with Gasteiger partial charge in [0, 0.05) is 34.4 Å². The Hall–Kier alpha value is -6.46. The molecule has 0 N–H and O–H groups in total. The molecular weight excluding hydrogens is 587 g/mol. The van der Waals surface area contributed by atoms with Gasteiger partial charge >= 0.3 is 0 Å². The second kappa shape index (κ2) is 11.7. The normalized spacial score (nSPS) is 12.8. The summed E-state index contributed by atoms with van der Waals surface area (Å²) in [5.41, 5.74) is 8.34. The van der Waals surface area contributed by atoms with Gasteiger partial charge in [0.2, 0.25) is 5.71 Å². The molecule has 48 heavy (non-hydrogen) atoms. The van der Waals surface area contributed by atoms with Gasteiger partial charge in [-0.1, -0.05) is 97.1 Å². The van der Waals surface area contributed by atoms with Gasteiger partial charge in [0.1, 0.15) is 5.22 Å². The second-order valence-corrected chi connectivity index (χ2v) is 12.1. The van der Waals surface area contributed by atoms with Crippen LogP contribution in [0.3, 0.4) is 0 Å². The minimum Gasteiger partial charge on any atom is -0.310 e. The standard InChI is InChI=1S/C43H30N5/c1-3-10-32-25-39(20-17-30(32)8-1)48(40-21-18-31-9-2-4-11-33(31)26-40)41-22-19-34-24-37(16-15-35(34)27-41)43-29-47(46-45-43)38-13-7-12-36(28-38)42-14-5-6-23-44-42/h1-28H,29H2/q+1. The zero-order valence-corrected chi connectivity index (χ0v) is 26.1. The van der Waals surface area contributed by atoms with E-state index >= 15 is 0 Å². The van der Waals surface area contributed by atoms with E-state index in [4.69, 9.17) is 0 Å². The number of pyridine rings is 1. The van der Waals surface area contributed by atoms with Crippen LogP contribution in [0.2, 0.25) is 0 Å². The number of hydrogen-bond acceptors (Lipinski definition) is 4. The summed E-state index contributed by atoms with van der Waals surface area (Å²) in [5.74, 6) is 0. The minimum absolute atomic E-state index is 0.604. The van der Waals surface area contributed by atoms with Crippen LogP contribution in [0, 0.1) is 0 Å². The number of rotatable bonds is 6. The first kappa shape index (κ1) is 27.8. The van der Waals surface area contributed by atoms with Gasteiger partial charge in [-0.25, -0.2) is 0 Å². The SMILES string of the molecule is c1ccc(-c2cccc([N+]3=NN=C(c4ccc5cc(N(c6ccc7ccccc7c6)c6ccc7ccccc7c6)ccc5c4)C3)c2)nc1. The van der Waals surface area contributed by atoms with Crippen LogP contribution in [0.25, 0.3) is 43.6 Å². The molecule has 1 aromatic heterocycles. The van der Waals surface area contributed by atoms with Gasteiger partial charge in [0.15, 0.2) is 12.2 Å². The van der Waals surface area contributed by atoms with Gasteiger partial charge in [0.05, 0.1) is 10.8 Å². The number of hydrogen-bond donors (Lipinski definition) is 0. The Balaban J connectivity index is 1.04. The predicted molar refractivity (Wildman–Crippen MR) is 197 cm³/mol. The third kappa shape index (κ3) is 5.17. The fourth-order valence-electron chi connectivity index (χ4n) is 6.59. The molecule has 0 radical (unpaired) electrons. The quantitative estimate of drug-likeness (QED) is 0.174. The minimum atomic E-state index is 0.604. The van der Waals surface area contributed by atoms with E-state index in [1.54, 1.807) is 0 Å². The number of nitrogens with zero attached hydrogens (tertiary/aromatic N) is 5. The maximum Gasteiger partial charge on any atom is 0.231 e. The van der Waals surface area contributed by atoms with Crippen LogP contribution in [0.1, 0.15) is 5.56 Å². The van der Waals surface area contributed by atoms with Gasteiger partial charge in [-0.3, -0.25) is 4.98 Å². The van der Waals surface area contributed by atoms with E-state index in [9.17, 15) is 0 Å². The van der Waals surface area contributed by atoms with Gasteiger partial charge in [-0.2, -0.15) is 0 Å². The van der Waals surface area contributed by atoms with E-state index in [-0.39, 0.29) is 0 Å². The van der Waals surface area contributed by atoms with Gasteiger partial charge in [0.25, 0.3) is 0 Å². The largest absolute Gasteiger partial charge is 0.310 e. The maximum absolute atomic E-state index is 4.59. The summed E-state index contributed by atoms with van der Waals surface area (Å²) >= 11 is 0. The average molecular weight is 617 g/mol. The van der Waals surface area contributed by atoms with E-state index in [0.717, 1.165) is 50.7 Å². The molecule has 0 bridgehead atoms. The van der Waals surface area contributed by atoms with Crippen LogP contribution in [-0.2, 0) is 0 Å². The van der Waals surface area contributed by atoms with Crippen LogP contribution in [0.4, 0.5) is 22.7 Å². The van der Waals surface area contributed by atoms with E-state index < -0.39 is 0 Å². The molecule has 0 amide bonds. The van der Waals surface area contributed by atoms with Crippen molar-refractivity contribution < 1.29 is 4.70 Å². The first-order chi connectivity index (χ1) is 23.7. The van der Waals surface area contributed by atoms with E-state index in [1.807, 2.05) is 35.2 Å². The molecule has 8 aromatic rings. The number of anilines is 3. The molecule has 0 unspecified atom stereocenters. The van der Waals surface area contributed by atoms with Crippen molar-refractivity contribution in [3.8, 4) is 11.3 Å². The fraction of sp³-hybridized carbons (Fsp3) is 0.0233.